The van der Waals surface area contributed by atoms with E-state index in [0.29, 0.717) is 5.56 Å². The summed E-state index contributed by atoms with van der Waals surface area (Å²) in [6.45, 7) is -0.545. The van der Waals surface area contributed by atoms with Crippen LogP contribution in [0.5, 0.6) is 0 Å². The molecule has 6 nitrogen and oxygen atoms in total. The van der Waals surface area contributed by atoms with E-state index in [-0.39, 0.29) is 12.8 Å². The van der Waals surface area contributed by atoms with Gasteiger partial charge in [-0.25, -0.2) is 9.18 Å². The molecule has 0 heterocycles. The van der Waals surface area contributed by atoms with Gasteiger partial charge in [0, 0.05) is 6.42 Å². The molecular weight excluding hydrogens is 353 g/mol. The number of hydrogen-bond donors (Lipinski definition) is 1. The molecule has 0 aromatic heterocycles. The van der Waals surface area contributed by atoms with E-state index < -0.39 is 36.3 Å². The van der Waals surface area contributed by atoms with Crippen molar-refractivity contribution in [2.24, 2.45) is 0 Å². The van der Waals surface area contributed by atoms with Gasteiger partial charge >= 0.3 is 11.9 Å². The van der Waals surface area contributed by atoms with Crippen molar-refractivity contribution >= 4 is 17.8 Å². The average Bonchev–Trinajstić information content (AvgIpc) is 2.66. The highest BCUT2D eigenvalue weighted by Crippen LogP contribution is 2.06. The molecule has 0 aliphatic rings. The molecule has 0 aliphatic carbocycles. The van der Waals surface area contributed by atoms with Gasteiger partial charge in [0.1, 0.15) is 11.9 Å². The number of benzene rings is 2. The first kappa shape index (κ1) is 20.1. The summed E-state index contributed by atoms with van der Waals surface area (Å²) in [5, 5.41) is 2.49. The van der Waals surface area contributed by atoms with Gasteiger partial charge in [0.2, 0.25) is 0 Å². The van der Waals surface area contributed by atoms with Crippen molar-refractivity contribution in [3.8, 4) is 0 Å². The fraction of sp³-hybridized carbons (Fsp3) is 0.250. The van der Waals surface area contributed by atoms with Crippen LogP contribution >= 0.6 is 0 Å². The molecule has 7 heteroatoms. The molecule has 2 rings (SSSR count). The quantitative estimate of drug-likeness (QED) is 0.714. The van der Waals surface area contributed by atoms with Crippen molar-refractivity contribution in [1.82, 2.24) is 5.32 Å². The first-order valence-corrected chi connectivity index (χ1v) is 8.29. The predicted molar refractivity (Wildman–Crippen MR) is 95.2 cm³/mol. The average molecular weight is 373 g/mol. The summed E-state index contributed by atoms with van der Waals surface area (Å²) in [5.41, 5.74) is 1.29. The SMILES string of the molecule is COC(=O)C(Cc1ccccc1)NC(=O)COC(=O)Cc1cccc(F)c1. The minimum atomic E-state index is -0.896. The van der Waals surface area contributed by atoms with Gasteiger partial charge in [-0.1, -0.05) is 42.5 Å². The zero-order chi connectivity index (χ0) is 19.6. The van der Waals surface area contributed by atoms with Crippen LogP contribution in [-0.2, 0) is 36.7 Å². The van der Waals surface area contributed by atoms with E-state index in [1.54, 1.807) is 6.07 Å². The number of hydrogen-bond acceptors (Lipinski definition) is 5. The van der Waals surface area contributed by atoms with Gasteiger partial charge in [-0.05, 0) is 23.3 Å². The van der Waals surface area contributed by atoms with Crippen LogP contribution < -0.4 is 5.32 Å². The van der Waals surface area contributed by atoms with Gasteiger partial charge < -0.3 is 14.8 Å². The van der Waals surface area contributed by atoms with Crippen LogP contribution in [0.1, 0.15) is 11.1 Å². The molecule has 0 saturated heterocycles. The summed E-state index contributed by atoms with van der Waals surface area (Å²) in [5.74, 6) is -2.36. The summed E-state index contributed by atoms with van der Waals surface area (Å²) in [7, 11) is 1.23. The Balaban J connectivity index is 1.85. The Morgan fingerprint density at radius 1 is 1.04 bits per heavy atom. The molecule has 2 aromatic rings. The van der Waals surface area contributed by atoms with Gasteiger partial charge in [0.15, 0.2) is 6.61 Å². The molecular formula is C20H20FNO5. The smallest absolute Gasteiger partial charge is 0.328 e. The summed E-state index contributed by atoms with van der Waals surface area (Å²) >= 11 is 0. The van der Waals surface area contributed by atoms with E-state index >= 15 is 0 Å². The third-order valence-corrected chi connectivity index (χ3v) is 3.71. The third kappa shape index (κ3) is 6.89. The Labute approximate surface area is 156 Å². The summed E-state index contributed by atoms with van der Waals surface area (Å²) < 4.78 is 22.7. The largest absolute Gasteiger partial charge is 0.467 e. The minimum absolute atomic E-state index is 0.157. The first-order valence-electron chi connectivity index (χ1n) is 8.29. The van der Waals surface area contributed by atoms with Crippen LogP contribution in [0.2, 0.25) is 0 Å². The maximum atomic E-state index is 13.1. The van der Waals surface area contributed by atoms with Crippen molar-refractivity contribution in [3.05, 3.63) is 71.5 Å². The lowest BCUT2D eigenvalue weighted by Crippen LogP contribution is -2.44. The van der Waals surface area contributed by atoms with Gasteiger partial charge in [-0.2, -0.15) is 0 Å². The lowest BCUT2D eigenvalue weighted by atomic mass is 10.1. The van der Waals surface area contributed by atoms with E-state index in [9.17, 15) is 18.8 Å². The highest BCUT2D eigenvalue weighted by molar-refractivity contribution is 5.86. The molecule has 0 saturated carbocycles. The van der Waals surface area contributed by atoms with Crippen molar-refractivity contribution in [2.75, 3.05) is 13.7 Å². The summed E-state index contributed by atoms with van der Waals surface area (Å²) in [4.78, 5) is 35.7. The zero-order valence-corrected chi connectivity index (χ0v) is 14.8. The fourth-order valence-corrected chi connectivity index (χ4v) is 2.43. The molecule has 0 aliphatic heterocycles. The van der Waals surface area contributed by atoms with E-state index in [0.717, 1.165) is 5.56 Å². The standard InChI is InChI=1S/C20H20FNO5/c1-26-20(25)17(11-14-6-3-2-4-7-14)22-18(23)13-27-19(24)12-15-8-5-9-16(21)10-15/h2-10,17H,11-13H2,1H3,(H,22,23). The van der Waals surface area contributed by atoms with E-state index in [1.165, 1.54) is 25.3 Å². The summed E-state index contributed by atoms with van der Waals surface area (Å²) in [6, 6.07) is 13.8. The van der Waals surface area contributed by atoms with E-state index in [4.69, 9.17) is 9.47 Å². The van der Waals surface area contributed by atoms with Crippen LogP contribution in [0.4, 0.5) is 4.39 Å². The summed E-state index contributed by atoms with van der Waals surface area (Å²) in [6.07, 6.45) is 0.0893. The Kier molecular flexibility index (Phi) is 7.49. The fourth-order valence-electron chi connectivity index (χ4n) is 2.43. The van der Waals surface area contributed by atoms with Crippen molar-refractivity contribution in [2.45, 2.75) is 18.9 Å². The van der Waals surface area contributed by atoms with Gasteiger partial charge in [-0.3, -0.25) is 9.59 Å². The molecule has 27 heavy (non-hydrogen) atoms. The first-order chi connectivity index (χ1) is 13.0. The Bertz CT molecular complexity index is 794. The molecule has 0 fully saturated rings. The molecule has 1 unspecified atom stereocenters. The second-order valence-electron chi connectivity index (χ2n) is 5.80. The third-order valence-electron chi connectivity index (χ3n) is 3.71. The molecule has 1 amide bonds. The van der Waals surface area contributed by atoms with Gasteiger partial charge in [-0.15, -0.1) is 0 Å². The van der Waals surface area contributed by atoms with Crippen molar-refractivity contribution in [1.29, 1.82) is 0 Å². The maximum Gasteiger partial charge on any atom is 0.328 e. The number of rotatable bonds is 8. The highest BCUT2D eigenvalue weighted by Gasteiger charge is 2.22. The molecule has 0 radical (unpaired) electrons. The second-order valence-corrected chi connectivity index (χ2v) is 5.80. The number of carbonyl (C=O) groups excluding carboxylic acids is 3. The van der Waals surface area contributed by atoms with E-state index in [1.807, 2.05) is 30.3 Å². The number of esters is 2. The Morgan fingerprint density at radius 3 is 2.41 bits per heavy atom. The molecule has 142 valence electrons. The van der Waals surface area contributed by atoms with Crippen LogP contribution in [0, 0.1) is 5.82 Å². The normalized spacial score (nSPS) is 11.3. The molecule has 0 bridgehead atoms. The van der Waals surface area contributed by atoms with Crippen molar-refractivity contribution in [3.63, 3.8) is 0 Å². The lowest BCUT2D eigenvalue weighted by molar-refractivity contribution is -0.149. The monoisotopic (exact) mass is 373 g/mol. The predicted octanol–water partition coefficient (Wildman–Crippen LogP) is 1.81. The number of ether oxygens (including phenoxy) is 2. The maximum absolute atomic E-state index is 13.1. The molecule has 1 N–H and O–H groups in total. The van der Waals surface area contributed by atoms with E-state index in [2.05, 4.69) is 5.32 Å². The number of amides is 1. The van der Waals surface area contributed by atoms with Gasteiger partial charge in [0.05, 0.1) is 13.5 Å². The molecule has 0 spiro atoms. The topological polar surface area (TPSA) is 81.7 Å². The van der Waals surface area contributed by atoms with Crippen LogP contribution in [0.15, 0.2) is 54.6 Å². The van der Waals surface area contributed by atoms with Gasteiger partial charge in [0.25, 0.3) is 5.91 Å². The number of halogens is 1. The number of methoxy groups -OCH3 is 1. The lowest BCUT2D eigenvalue weighted by Gasteiger charge is -2.16. The number of nitrogens with one attached hydrogen (secondary N) is 1. The highest BCUT2D eigenvalue weighted by atomic mass is 19.1. The van der Waals surface area contributed by atoms with Crippen LogP contribution in [0.25, 0.3) is 0 Å². The number of carbonyl (C=O) groups is 3. The van der Waals surface area contributed by atoms with Crippen LogP contribution in [0.3, 0.4) is 0 Å². The second kappa shape index (κ2) is 10.1. The Morgan fingerprint density at radius 2 is 1.74 bits per heavy atom. The zero-order valence-electron chi connectivity index (χ0n) is 14.8. The molecule has 1 atom stereocenters. The minimum Gasteiger partial charge on any atom is -0.467 e. The van der Waals surface area contributed by atoms with Crippen molar-refractivity contribution < 1.29 is 28.2 Å². The van der Waals surface area contributed by atoms with Crippen LogP contribution in [-0.4, -0.2) is 37.6 Å². The Hall–Kier alpha value is -3.22. The molecule has 2 aromatic carbocycles.